The molecule has 1 saturated heterocycles. The van der Waals surface area contributed by atoms with Crippen molar-refractivity contribution < 1.29 is 27.8 Å². The van der Waals surface area contributed by atoms with Crippen molar-refractivity contribution in [2.24, 2.45) is 5.92 Å². The van der Waals surface area contributed by atoms with Crippen molar-refractivity contribution in [3.8, 4) is 22.6 Å². The number of benzene rings is 2. The molecule has 1 aliphatic heterocycles. The van der Waals surface area contributed by atoms with E-state index < -0.39 is 27.8 Å². The summed E-state index contributed by atoms with van der Waals surface area (Å²) in [4.78, 5) is 11.3. The average molecular weight is 459 g/mol. The fraction of sp³-hybridized carbons (Fsp3) is 0.261. The number of sulfone groups is 1. The molecule has 0 spiro atoms. The van der Waals surface area contributed by atoms with Crippen LogP contribution in [0.15, 0.2) is 70.3 Å². The van der Waals surface area contributed by atoms with E-state index in [4.69, 9.17) is 14.6 Å². The van der Waals surface area contributed by atoms with Gasteiger partial charge in [0.25, 0.3) is 0 Å². The second-order valence-electron chi connectivity index (χ2n) is 7.44. The lowest BCUT2D eigenvalue weighted by Gasteiger charge is -2.27. The van der Waals surface area contributed by atoms with E-state index in [9.17, 15) is 13.2 Å². The minimum Gasteiger partial charge on any atom is -0.481 e. The number of thiophene rings is 1. The average Bonchev–Trinajstić information content (AvgIpc) is 3.29. The normalized spacial score (nSPS) is 19.1. The molecule has 4 rings (SSSR count). The fourth-order valence-corrected chi connectivity index (χ4v) is 5.69. The molecule has 3 aromatic rings. The molecule has 1 aliphatic rings. The van der Waals surface area contributed by atoms with Crippen molar-refractivity contribution >= 4 is 27.1 Å². The van der Waals surface area contributed by atoms with E-state index in [-0.39, 0.29) is 23.7 Å². The molecule has 0 radical (unpaired) electrons. The van der Waals surface area contributed by atoms with Crippen molar-refractivity contribution in [2.45, 2.75) is 23.8 Å². The van der Waals surface area contributed by atoms with E-state index in [1.807, 2.05) is 29.6 Å². The Morgan fingerprint density at radius 1 is 1.03 bits per heavy atom. The van der Waals surface area contributed by atoms with Crippen molar-refractivity contribution in [1.82, 2.24) is 0 Å². The number of carbonyl (C=O) groups is 1. The first kappa shape index (κ1) is 21.5. The number of hydrogen-bond donors (Lipinski definition) is 1. The molecule has 2 atom stereocenters. The van der Waals surface area contributed by atoms with Gasteiger partial charge in [0.2, 0.25) is 0 Å². The zero-order valence-corrected chi connectivity index (χ0v) is 18.3. The second kappa shape index (κ2) is 9.21. The summed E-state index contributed by atoms with van der Waals surface area (Å²) in [6.45, 7) is 0.259. The number of rotatable bonds is 7. The zero-order valence-electron chi connectivity index (χ0n) is 16.6. The number of carboxylic acids is 1. The molecule has 0 amide bonds. The van der Waals surface area contributed by atoms with Crippen LogP contribution in [-0.4, -0.2) is 38.0 Å². The third-order valence-electron chi connectivity index (χ3n) is 5.25. The Bertz CT molecular complexity index is 1120. The van der Waals surface area contributed by atoms with Gasteiger partial charge in [-0.1, -0.05) is 12.1 Å². The van der Waals surface area contributed by atoms with Gasteiger partial charge in [-0.25, -0.2) is 8.42 Å². The van der Waals surface area contributed by atoms with Gasteiger partial charge in [-0.15, -0.1) is 0 Å². The summed E-state index contributed by atoms with van der Waals surface area (Å²) in [5.41, 5.74) is 2.26. The van der Waals surface area contributed by atoms with E-state index >= 15 is 0 Å². The van der Waals surface area contributed by atoms with E-state index in [0.29, 0.717) is 17.9 Å². The van der Waals surface area contributed by atoms with Crippen molar-refractivity contribution in [3.63, 3.8) is 0 Å². The number of ether oxygens (including phenoxy) is 2. The summed E-state index contributed by atoms with van der Waals surface area (Å²) in [7, 11) is -3.60. The maximum absolute atomic E-state index is 12.7. The Hall–Kier alpha value is -2.68. The van der Waals surface area contributed by atoms with Crippen LogP contribution in [0.25, 0.3) is 11.1 Å². The Morgan fingerprint density at radius 3 is 2.32 bits per heavy atom. The highest BCUT2D eigenvalue weighted by molar-refractivity contribution is 7.91. The quantitative estimate of drug-likeness (QED) is 0.544. The fourth-order valence-electron chi connectivity index (χ4n) is 3.56. The van der Waals surface area contributed by atoms with Gasteiger partial charge in [-0.3, -0.25) is 4.79 Å². The van der Waals surface area contributed by atoms with Crippen molar-refractivity contribution in [2.75, 3.05) is 12.4 Å². The predicted octanol–water partition coefficient (Wildman–Crippen LogP) is 4.86. The first-order valence-corrected chi connectivity index (χ1v) is 12.5. The lowest BCUT2D eigenvalue weighted by Crippen LogP contribution is -2.34. The van der Waals surface area contributed by atoms with Gasteiger partial charge in [0.15, 0.2) is 9.84 Å². The molecule has 162 valence electrons. The lowest BCUT2D eigenvalue weighted by atomic mass is 9.97. The first-order valence-electron chi connectivity index (χ1n) is 9.88. The SMILES string of the molecule is O=C(O)C1CCOC(CS(=O)(=O)c2ccc(Oc3ccc(-c4ccsc4)cc3)cc2)C1. The van der Waals surface area contributed by atoms with Gasteiger partial charge >= 0.3 is 5.97 Å². The maximum atomic E-state index is 12.7. The molecule has 1 aromatic heterocycles. The van der Waals surface area contributed by atoms with Crippen LogP contribution in [0.1, 0.15) is 12.8 Å². The molecule has 2 unspecified atom stereocenters. The van der Waals surface area contributed by atoms with Crippen LogP contribution in [-0.2, 0) is 19.4 Å². The van der Waals surface area contributed by atoms with Crippen LogP contribution in [0.2, 0.25) is 0 Å². The van der Waals surface area contributed by atoms with Crippen LogP contribution in [0.4, 0.5) is 0 Å². The van der Waals surface area contributed by atoms with E-state index in [1.54, 1.807) is 23.5 Å². The van der Waals surface area contributed by atoms with Crippen molar-refractivity contribution in [3.05, 3.63) is 65.4 Å². The first-order chi connectivity index (χ1) is 14.9. The monoisotopic (exact) mass is 458 g/mol. The molecule has 8 heteroatoms. The van der Waals surface area contributed by atoms with Crippen LogP contribution in [0.3, 0.4) is 0 Å². The molecule has 2 aromatic carbocycles. The molecular weight excluding hydrogens is 436 g/mol. The summed E-state index contributed by atoms with van der Waals surface area (Å²) in [6, 6.07) is 16.0. The zero-order chi connectivity index (χ0) is 21.8. The highest BCUT2D eigenvalue weighted by Gasteiger charge is 2.31. The van der Waals surface area contributed by atoms with Gasteiger partial charge in [0.05, 0.1) is 22.7 Å². The molecule has 1 fully saturated rings. The van der Waals surface area contributed by atoms with Gasteiger partial charge in [0, 0.05) is 6.61 Å². The van der Waals surface area contributed by atoms with Crippen molar-refractivity contribution in [1.29, 1.82) is 0 Å². The lowest BCUT2D eigenvalue weighted by molar-refractivity contribution is -0.146. The number of aliphatic carboxylic acids is 1. The Labute approximate surface area is 185 Å². The highest BCUT2D eigenvalue weighted by atomic mass is 32.2. The van der Waals surface area contributed by atoms with Gasteiger partial charge < -0.3 is 14.6 Å². The molecule has 6 nitrogen and oxygen atoms in total. The summed E-state index contributed by atoms with van der Waals surface area (Å²) in [6.07, 6.45) is 0.000970. The van der Waals surface area contributed by atoms with Gasteiger partial charge in [-0.2, -0.15) is 11.3 Å². The summed E-state index contributed by atoms with van der Waals surface area (Å²) >= 11 is 1.64. The van der Waals surface area contributed by atoms with Crippen LogP contribution < -0.4 is 4.74 Å². The summed E-state index contributed by atoms with van der Waals surface area (Å²) in [5.74, 6) is -0.514. The third-order valence-corrected chi connectivity index (χ3v) is 7.73. The minimum absolute atomic E-state index is 0.161. The Kier molecular flexibility index (Phi) is 6.41. The molecular formula is C23H22O6S2. The maximum Gasteiger partial charge on any atom is 0.306 e. The van der Waals surface area contributed by atoms with Crippen LogP contribution in [0, 0.1) is 5.92 Å². The van der Waals surface area contributed by atoms with Gasteiger partial charge in [0.1, 0.15) is 11.5 Å². The Balaban J connectivity index is 1.39. The minimum atomic E-state index is -3.60. The number of hydrogen-bond acceptors (Lipinski definition) is 6. The van der Waals surface area contributed by atoms with E-state index in [0.717, 1.165) is 11.1 Å². The highest BCUT2D eigenvalue weighted by Crippen LogP contribution is 2.28. The molecule has 0 aliphatic carbocycles. The predicted molar refractivity (Wildman–Crippen MR) is 118 cm³/mol. The number of carboxylic acid groups (broad SMARTS) is 1. The molecule has 2 heterocycles. The summed E-state index contributed by atoms with van der Waals surface area (Å²) in [5, 5.41) is 13.3. The van der Waals surface area contributed by atoms with Gasteiger partial charge in [-0.05, 0) is 77.2 Å². The molecule has 0 saturated carbocycles. The summed E-state index contributed by atoms with van der Waals surface area (Å²) < 4.78 is 36.8. The Morgan fingerprint density at radius 2 is 1.71 bits per heavy atom. The largest absolute Gasteiger partial charge is 0.481 e. The van der Waals surface area contributed by atoms with E-state index in [2.05, 4.69) is 11.4 Å². The smallest absolute Gasteiger partial charge is 0.306 e. The third kappa shape index (κ3) is 5.33. The van der Waals surface area contributed by atoms with Crippen LogP contribution >= 0.6 is 11.3 Å². The standard InChI is InChI=1S/C23H22O6S2/c24-23(25)17-9-11-28-21(13-17)15-31(26,27)22-7-5-20(6-8-22)29-19-3-1-16(2-4-19)18-10-12-30-14-18/h1-8,10,12,14,17,21H,9,11,13,15H2,(H,24,25). The van der Waals surface area contributed by atoms with E-state index in [1.165, 1.54) is 12.1 Å². The molecule has 0 bridgehead atoms. The molecule has 31 heavy (non-hydrogen) atoms. The molecule has 1 N–H and O–H groups in total. The van der Waals surface area contributed by atoms with Crippen LogP contribution in [0.5, 0.6) is 11.5 Å². The second-order valence-corrected chi connectivity index (χ2v) is 10.3. The topological polar surface area (TPSA) is 89.9 Å².